The third-order valence-electron chi connectivity index (χ3n) is 4.58. The zero-order chi connectivity index (χ0) is 13.9. The lowest BCUT2D eigenvalue weighted by Gasteiger charge is -2.37. The normalized spacial score (nSPS) is 25.1. The summed E-state index contributed by atoms with van der Waals surface area (Å²) < 4.78 is 5.19. The molecule has 2 aliphatic rings. The van der Waals surface area contributed by atoms with Crippen LogP contribution >= 0.6 is 0 Å². The summed E-state index contributed by atoms with van der Waals surface area (Å²) in [6.45, 7) is 0.886. The second-order valence-electron chi connectivity index (χ2n) is 5.76. The molecule has 108 valence electrons. The van der Waals surface area contributed by atoms with E-state index >= 15 is 0 Å². The molecule has 1 N–H and O–H groups in total. The van der Waals surface area contributed by atoms with Crippen molar-refractivity contribution in [3.05, 3.63) is 24.3 Å². The van der Waals surface area contributed by atoms with Crippen molar-refractivity contribution in [3.63, 3.8) is 0 Å². The minimum Gasteiger partial charge on any atom is -0.497 e. The van der Waals surface area contributed by atoms with E-state index in [-0.39, 0.29) is 6.03 Å². The molecule has 0 aromatic heterocycles. The molecule has 1 saturated carbocycles. The summed E-state index contributed by atoms with van der Waals surface area (Å²) in [5.41, 5.74) is 0.800. The molecular formula is C16H22N2O2. The van der Waals surface area contributed by atoms with Gasteiger partial charge < -0.3 is 15.0 Å². The van der Waals surface area contributed by atoms with Crippen LogP contribution in [0.4, 0.5) is 10.5 Å². The number of nitrogens with one attached hydrogen (secondary N) is 1. The third-order valence-corrected chi connectivity index (χ3v) is 4.58. The Kier molecular flexibility index (Phi) is 3.81. The molecule has 0 unspecified atom stereocenters. The number of benzene rings is 1. The lowest BCUT2D eigenvalue weighted by Crippen LogP contribution is -2.48. The van der Waals surface area contributed by atoms with Crippen molar-refractivity contribution in [1.29, 1.82) is 0 Å². The van der Waals surface area contributed by atoms with Crippen LogP contribution in [0.2, 0.25) is 0 Å². The Balaban J connectivity index is 1.68. The molecule has 0 spiro atoms. The van der Waals surface area contributed by atoms with E-state index < -0.39 is 0 Å². The Morgan fingerprint density at radius 3 is 3.00 bits per heavy atom. The molecule has 2 fully saturated rings. The third kappa shape index (κ3) is 2.60. The number of nitrogens with zero attached hydrogens (tertiary/aromatic N) is 1. The Morgan fingerprint density at radius 2 is 2.15 bits per heavy atom. The van der Waals surface area contributed by atoms with Gasteiger partial charge in [0.15, 0.2) is 0 Å². The summed E-state index contributed by atoms with van der Waals surface area (Å²) in [5.74, 6) is 1.49. The number of methoxy groups -OCH3 is 1. The first kappa shape index (κ1) is 13.3. The van der Waals surface area contributed by atoms with Crippen LogP contribution in [-0.2, 0) is 0 Å². The predicted octanol–water partition coefficient (Wildman–Crippen LogP) is 3.49. The fraction of sp³-hybridized carbons (Fsp3) is 0.562. The number of rotatable bonds is 2. The second-order valence-corrected chi connectivity index (χ2v) is 5.76. The van der Waals surface area contributed by atoms with Crippen LogP contribution in [-0.4, -0.2) is 30.6 Å². The van der Waals surface area contributed by atoms with Gasteiger partial charge in [0, 0.05) is 24.3 Å². The molecule has 2 atom stereocenters. The molecule has 1 aliphatic carbocycles. The van der Waals surface area contributed by atoms with Crippen molar-refractivity contribution >= 4 is 11.7 Å². The van der Waals surface area contributed by atoms with Crippen molar-refractivity contribution in [2.45, 2.75) is 38.1 Å². The number of likely N-dealkylation sites (tertiary alicyclic amines) is 1. The van der Waals surface area contributed by atoms with Crippen molar-refractivity contribution in [1.82, 2.24) is 4.90 Å². The first-order chi connectivity index (χ1) is 9.78. The number of piperidine rings is 1. The van der Waals surface area contributed by atoms with Crippen LogP contribution in [0.25, 0.3) is 0 Å². The number of carbonyl (C=O) groups is 1. The summed E-state index contributed by atoms with van der Waals surface area (Å²) in [6, 6.07) is 8.01. The van der Waals surface area contributed by atoms with Gasteiger partial charge in [0.2, 0.25) is 0 Å². The molecule has 4 heteroatoms. The minimum atomic E-state index is 0.0369. The lowest BCUT2D eigenvalue weighted by molar-refractivity contribution is 0.138. The minimum absolute atomic E-state index is 0.0369. The summed E-state index contributed by atoms with van der Waals surface area (Å²) >= 11 is 0. The van der Waals surface area contributed by atoms with Crippen molar-refractivity contribution < 1.29 is 9.53 Å². The smallest absolute Gasteiger partial charge is 0.322 e. The van der Waals surface area contributed by atoms with Crippen LogP contribution in [0.15, 0.2) is 24.3 Å². The summed E-state index contributed by atoms with van der Waals surface area (Å²) in [7, 11) is 1.63. The Morgan fingerprint density at radius 1 is 1.30 bits per heavy atom. The first-order valence-corrected chi connectivity index (χ1v) is 7.49. The van der Waals surface area contributed by atoms with Gasteiger partial charge in [-0.3, -0.25) is 0 Å². The van der Waals surface area contributed by atoms with Gasteiger partial charge in [0.25, 0.3) is 0 Å². The van der Waals surface area contributed by atoms with Gasteiger partial charge in [0.1, 0.15) is 5.75 Å². The molecule has 20 heavy (non-hydrogen) atoms. The monoisotopic (exact) mass is 274 g/mol. The molecular weight excluding hydrogens is 252 g/mol. The first-order valence-electron chi connectivity index (χ1n) is 7.49. The molecule has 1 aromatic rings. The van der Waals surface area contributed by atoms with E-state index in [9.17, 15) is 4.79 Å². The van der Waals surface area contributed by atoms with Gasteiger partial charge in [-0.1, -0.05) is 12.5 Å². The van der Waals surface area contributed by atoms with Crippen LogP contribution in [0.1, 0.15) is 32.1 Å². The van der Waals surface area contributed by atoms with Crippen LogP contribution in [0, 0.1) is 5.92 Å². The Hall–Kier alpha value is -1.71. The highest BCUT2D eigenvalue weighted by atomic mass is 16.5. The number of amides is 2. The maximum atomic E-state index is 12.5. The second kappa shape index (κ2) is 5.73. The van der Waals surface area contributed by atoms with E-state index in [1.165, 1.54) is 19.3 Å². The summed E-state index contributed by atoms with van der Waals surface area (Å²) in [5, 5.41) is 3.01. The van der Waals surface area contributed by atoms with E-state index in [2.05, 4.69) is 5.32 Å². The standard InChI is InChI=1S/C16H22N2O2/c1-20-14-8-3-7-13(11-14)17-16(19)18-10-4-6-12-5-2-9-15(12)18/h3,7-8,11-12,15H,2,4-6,9-10H2,1H3,(H,17,19)/t12-,15+/m1/s1. The highest BCUT2D eigenvalue weighted by molar-refractivity contribution is 5.89. The van der Waals surface area contributed by atoms with E-state index in [1.54, 1.807) is 7.11 Å². The molecule has 1 heterocycles. The quantitative estimate of drug-likeness (QED) is 0.897. The van der Waals surface area contributed by atoms with Crippen molar-refractivity contribution in [2.75, 3.05) is 19.0 Å². The zero-order valence-electron chi connectivity index (χ0n) is 12.0. The number of ether oxygens (including phenoxy) is 1. The maximum Gasteiger partial charge on any atom is 0.322 e. The van der Waals surface area contributed by atoms with E-state index in [4.69, 9.17) is 4.74 Å². The zero-order valence-corrected chi connectivity index (χ0v) is 12.0. The molecule has 0 radical (unpaired) electrons. The van der Waals surface area contributed by atoms with Gasteiger partial charge in [-0.25, -0.2) is 4.79 Å². The van der Waals surface area contributed by atoms with Crippen LogP contribution in [0.5, 0.6) is 5.75 Å². The highest BCUT2D eigenvalue weighted by Gasteiger charge is 2.37. The number of hydrogen-bond acceptors (Lipinski definition) is 2. The number of anilines is 1. The average molecular weight is 274 g/mol. The van der Waals surface area contributed by atoms with E-state index in [1.807, 2.05) is 29.2 Å². The fourth-order valence-electron chi connectivity index (χ4n) is 3.60. The number of carbonyl (C=O) groups excluding carboxylic acids is 1. The molecule has 1 aromatic carbocycles. The Bertz CT molecular complexity index is 489. The number of hydrogen-bond donors (Lipinski definition) is 1. The molecule has 2 amide bonds. The van der Waals surface area contributed by atoms with Crippen molar-refractivity contribution in [2.24, 2.45) is 5.92 Å². The molecule has 0 bridgehead atoms. The van der Waals surface area contributed by atoms with Gasteiger partial charge in [-0.15, -0.1) is 0 Å². The summed E-state index contributed by atoms with van der Waals surface area (Å²) in [6.07, 6.45) is 6.13. The largest absolute Gasteiger partial charge is 0.497 e. The average Bonchev–Trinajstić information content (AvgIpc) is 2.95. The van der Waals surface area contributed by atoms with E-state index in [0.29, 0.717) is 6.04 Å². The van der Waals surface area contributed by atoms with Gasteiger partial charge in [0.05, 0.1) is 7.11 Å². The number of fused-ring (bicyclic) bond motifs is 1. The number of urea groups is 1. The van der Waals surface area contributed by atoms with Gasteiger partial charge in [-0.2, -0.15) is 0 Å². The molecule has 3 rings (SSSR count). The van der Waals surface area contributed by atoms with Crippen molar-refractivity contribution in [3.8, 4) is 5.75 Å². The van der Waals surface area contributed by atoms with Crippen LogP contribution in [0.3, 0.4) is 0 Å². The molecule has 1 saturated heterocycles. The highest BCUT2D eigenvalue weighted by Crippen LogP contribution is 2.37. The molecule has 1 aliphatic heterocycles. The summed E-state index contributed by atoms with van der Waals surface area (Å²) in [4.78, 5) is 14.5. The SMILES string of the molecule is COc1cccc(NC(=O)N2CCC[C@H]3CCC[C@@H]32)c1. The predicted molar refractivity (Wildman–Crippen MR) is 79.1 cm³/mol. The topological polar surface area (TPSA) is 41.6 Å². The van der Waals surface area contributed by atoms with Gasteiger partial charge >= 0.3 is 6.03 Å². The fourth-order valence-corrected chi connectivity index (χ4v) is 3.60. The maximum absolute atomic E-state index is 12.5. The lowest BCUT2D eigenvalue weighted by atomic mass is 9.92. The van der Waals surface area contributed by atoms with Crippen LogP contribution < -0.4 is 10.1 Å². The Labute approximate surface area is 120 Å². The molecule has 4 nitrogen and oxygen atoms in total. The van der Waals surface area contributed by atoms with Gasteiger partial charge in [-0.05, 0) is 43.7 Å². The van der Waals surface area contributed by atoms with E-state index in [0.717, 1.165) is 36.7 Å².